The van der Waals surface area contributed by atoms with E-state index >= 15 is 0 Å². The van der Waals surface area contributed by atoms with Gasteiger partial charge in [0.25, 0.3) is 5.91 Å². The van der Waals surface area contributed by atoms with Gasteiger partial charge in [-0.3, -0.25) is 4.79 Å². The van der Waals surface area contributed by atoms with E-state index in [-0.39, 0.29) is 5.91 Å². The number of hydrogen-bond donors (Lipinski definition) is 1. The van der Waals surface area contributed by atoms with Gasteiger partial charge in [-0.15, -0.1) is 0 Å². The van der Waals surface area contributed by atoms with Gasteiger partial charge in [0.05, 0.1) is 19.4 Å². The number of carbonyl (C=O) groups excluding carboxylic acids is 1. The maximum atomic E-state index is 12.0. The maximum absolute atomic E-state index is 12.0. The number of ether oxygens (including phenoxy) is 2. The van der Waals surface area contributed by atoms with E-state index in [0.29, 0.717) is 24.5 Å². The third-order valence-electron chi connectivity index (χ3n) is 3.72. The second-order valence-electron chi connectivity index (χ2n) is 5.91. The van der Waals surface area contributed by atoms with Crippen LogP contribution >= 0.6 is 0 Å². The van der Waals surface area contributed by atoms with Gasteiger partial charge in [0.2, 0.25) is 0 Å². The highest BCUT2D eigenvalue weighted by Gasteiger charge is 2.06. The molecule has 0 unspecified atom stereocenters. The number of unbranched alkanes of at least 4 members (excludes halogenated alkanes) is 1. The van der Waals surface area contributed by atoms with E-state index in [1.165, 1.54) is 0 Å². The van der Waals surface area contributed by atoms with Gasteiger partial charge in [-0.1, -0.05) is 31.0 Å². The summed E-state index contributed by atoms with van der Waals surface area (Å²) in [6.07, 6.45) is 3.67. The Hall–Kier alpha value is -2.82. The third kappa shape index (κ3) is 5.92. The number of carbonyl (C=O) groups is 1. The van der Waals surface area contributed by atoms with Crippen molar-refractivity contribution in [1.29, 1.82) is 0 Å². The van der Waals surface area contributed by atoms with Crippen molar-refractivity contribution in [2.75, 3.05) is 13.2 Å². The van der Waals surface area contributed by atoms with Crippen LogP contribution in [0, 0.1) is 6.92 Å². The molecule has 2 aromatic carbocycles. The fourth-order valence-electron chi connectivity index (χ4n) is 2.25. The van der Waals surface area contributed by atoms with Crippen molar-refractivity contribution in [2.45, 2.75) is 33.6 Å². The molecule has 0 aromatic heterocycles. The van der Waals surface area contributed by atoms with Crippen molar-refractivity contribution in [3.05, 3.63) is 59.2 Å². The van der Waals surface area contributed by atoms with E-state index in [2.05, 4.69) is 17.5 Å². The molecular formula is C21H26N2O3. The molecule has 1 amide bonds. The lowest BCUT2D eigenvalue weighted by Crippen LogP contribution is -2.17. The van der Waals surface area contributed by atoms with Gasteiger partial charge in [0, 0.05) is 5.56 Å². The molecule has 0 saturated carbocycles. The minimum absolute atomic E-state index is 0.245. The van der Waals surface area contributed by atoms with Gasteiger partial charge >= 0.3 is 0 Å². The first kappa shape index (κ1) is 19.5. The maximum Gasteiger partial charge on any atom is 0.271 e. The average molecular weight is 354 g/mol. The van der Waals surface area contributed by atoms with Gasteiger partial charge in [0.15, 0.2) is 11.5 Å². The molecule has 0 radical (unpaired) electrons. The van der Waals surface area contributed by atoms with Gasteiger partial charge in [-0.2, -0.15) is 5.10 Å². The Morgan fingerprint density at radius 2 is 1.85 bits per heavy atom. The highest BCUT2D eigenvalue weighted by atomic mass is 16.5. The Morgan fingerprint density at radius 1 is 1.08 bits per heavy atom. The summed E-state index contributed by atoms with van der Waals surface area (Å²) in [5.41, 5.74) is 5.03. The summed E-state index contributed by atoms with van der Waals surface area (Å²) >= 11 is 0. The largest absolute Gasteiger partial charge is 0.490 e. The number of aryl methyl sites for hydroxylation is 1. The molecule has 26 heavy (non-hydrogen) atoms. The topological polar surface area (TPSA) is 59.9 Å². The third-order valence-corrected chi connectivity index (χ3v) is 3.72. The van der Waals surface area contributed by atoms with E-state index in [4.69, 9.17) is 9.47 Å². The van der Waals surface area contributed by atoms with Crippen LogP contribution in [0.15, 0.2) is 47.6 Å². The molecule has 0 heterocycles. The van der Waals surface area contributed by atoms with E-state index in [0.717, 1.165) is 29.7 Å². The summed E-state index contributed by atoms with van der Waals surface area (Å²) in [6, 6.07) is 12.9. The Morgan fingerprint density at radius 3 is 2.54 bits per heavy atom. The second kappa shape index (κ2) is 10.2. The highest BCUT2D eigenvalue weighted by Crippen LogP contribution is 2.28. The van der Waals surface area contributed by atoms with Crippen LogP contribution in [0.3, 0.4) is 0 Å². The molecule has 5 heteroatoms. The molecule has 0 saturated heterocycles. The molecule has 0 fully saturated rings. The smallest absolute Gasteiger partial charge is 0.271 e. The van der Waals surface area contributed by atoms with Crippen LogP contribution in [-0.4, -0.2) is 25.3 Å². The molecule has 0 atom stereocenters. The van der Waals surface area contributed by atoms with E-state index < -0.39 is 0 Å². The first-order chi connectivity index (χ1) is 12.6. The van der Waals surface area contributed by atoms with Crippen LogP contribution in [0.2, 0.25) is 0 Å². The Labute approximate surface area is 155 Å². The van der Waals surface area contributed by atoms with Crippen molar-refractivity contribution in [1.82, 2.24) is 5.43 Å². The summed E-state index contributed by atoms with van der Waals surface area (Å²) in [4.78, 5) is 12.0. The number of nitrogens with one attached hydrogen (secondary N) is 1. The number of benzene rings is 2. The quantitative estimate of drug-likeness (QED) is 0.414. The van der Waals surface area contributed by atoms with E-state index in [1.54, 1.807) is 18.3 Å². The predicted molar refractivity (Wildman–Crippen MR) is 104 cm³/mol. The Kier molecular flexibility index (Phi) is 7.68. The van der Waals surface area contributed by atoms with Crippen LogP contribution in [0.5, 0.6) is 11.5 Å². The van der Waals surface area contributed by atoms with E-state index in [1.807, 2.05) is 44.2 Å². The molecule has 0 aliphatic carbocycles. The summed E-state index contributed by atoms with van der Waals surface area (Å²) in [5, 5.41) is 4.03. The zero-order chi connectivity index (χ0) is 18.8. The van der Waals surface area contributed by atoms with Crippen molar-refractivity contribution in [2.24, 2.45) is 5.10 Å². The fraction of sp³-hybridized carbons (Fsp3) is 0.333. The molecular weight excluding hydrogens is 328 g/mol. The van der Waals surface area contributed by atoms with Crippen LogP contribution in [0.4, 0.5) is 0 Å². The fourth-order valence-corrected chi connectivity index (χ4v) is 2.25. The molecule has 138 valence electrons. The Balaban J connectivity index is 2.01. The standard InChI is InChI=1S/C21H26N2O3/c1-4-6-13-26-19-12-9-17(14-20(19)25-5-2)15-22-23-21(24)18-10-7-16(3)8-11-18/h7-12,14-15H,4-6,13H2,1-3H3,(H,23,24)/b22-15-. The molecule has 2 aromatic rings. The zero-order valence-corrected chi connectivity index (χ0v) is 15.6. The molecule has 0 aliphatic heterocycles. The van der Waals surface area contributed by atoms with Crippen molar-refractivity contribution >= 4 is 12.1 Å². The van der Waals surface area contributed by atoms with Crippen LogP contribution in [0.1, 0.15) is 48.2 Å². The number of nitrogens with zero attached hydrogens (tertiary/aromatic N) is 1. The summed E-state index contributed by atoms with van der Waals surface area (Å²) in [7, 11) is 0. The lowest BCUT2D eigenvalue weighted by molar-refractivity contribution is 0.0955. The van der Waals surface area contributed by atoms with Crippen molar-refractivity contribution in [3.8, 4) is 11.5 Å². The zero-order valence-electron chi connectivity index (χ0n) is 15.6. The normalized spacial score (nSPS) is 10.7. The molecule has 2 rings (SSSR count). The summed E-state index contributed by atoms with van der Waals surface area (Å²) in [5.74, 6) is 1.16. The van der Waals surface area contributed by atoms with Gasteiger partial charge in [-0.25, -0.2) is 5.43 Å². The lowest BCUT2D eigenvalue weighted by Gasteiger charge is -2.12. The van der Waals surface area contributed by atoms with Gasteiger partial charge < -0.3 is 9.47 Å². The SMILES string of the molecule is CCCCOc1ccc(/C=N\NC(=O)c2ccc(C)cc2)cc1OCC. The van der Waals surface area contributed by atoms with E-state index in [9.17, 15) is 4.79 Å². The molecule has 1 N–H and O–H groups in total. The number of hydrazone groups is 1. The van der Waals surface area contributed by atoms with Crippen LogP contribution < -0.4 is 14.9 Å². The Bertz CT molecular complexity index is 739. The van der Waals surface area contributed by atoms with Crippen molar-refractivity contribution < 1.29 is 14.3 Å². The van der Waals surface area contributed by atoms with Crippen LogP contribution in [-0.2, 0) is 0 Å². The first-order valence-electron chi connectivity index (χ1n) is 8.93. The second-order valence-corrected chi connectivity index (χ2v) is 5.91. The average Bonchev–Trinajstić information content (AvgIpc) is 2.64. The van der Waals surface area contributed by atoms with Crippen LogP contribution in [0.25, 0.3) is 0 Å². The summed E-state index contributed by atoms with van der Waals surface area (Å²) < 4.78 is 11.4. The molecule has 0 aliphatic rings. The molecule has 0 bridgehead atoms. The monoisotopic (exact) mass is 354 g/mol. The first-order valence-corrected chi connectivity index (χ1v) is 8.93. The number of rotatable bonds is 9. The minimum Gasteiger partial charge on any atom is -0.490 e. The van der Waals surface area contributed by atoms with Crippen molar-refractivity contribution in [3.63, 3.8) is 0 Å². The minimum atomic E-state index is -0.245. The molecule has 0 spiro atoms. The van der Waals surface area contributed by atoms with Gasteiger partial charge in [-0.05, 0) is 56.2 Å². The number of hydrogen-bond acceptors (Lipinski definition) is 4. The van der Waals surface area contributed by atoms with Gasteiger partial charge in [0.1, 0.15) is 0 Å². The molecule has 5 nitrogen and oxygen atoms in total. The number of amides is 1. The summed E-state index contributed by atoms with van der Waals surface area (Å²) in [6.45, 7) is 7.24. The lowest BCUT2D eigenvalue weighted by atomic mass is 10.1. The predicted octanol–water partition coefficient (Wildman–Crippen LogP) is 4.34. The highest BCUT2D eigenvalue weighted by molar-refractivity contribution is 5.94.